The van der Waals surface area contributed by atoms with Crippen LogP contribution >= 0.6 is 0 Å². The van der Waals surface area contributed by atoms with Crippen LogP contribution in [0.3, 0.4) is 0 Å². The maximum absolute atomic E-state index is 9.11. The molecule has 0 saturated carbocycles. The largest absolute Gasteiger partial charge is 0.390 e. The van der Waals surface area contributed by atoms with Crippen molar-refractivity contribution in [2.45, 2.75) is 26.5 Å². The molecule has 1 aliphatic heterocycles. The molecule has 2 rings (SSSR count). The Labute approximate surface area is 90.5 Å². The SMILES string of the molecule is CCN1CCC(Cn2cncc2CO)C1. The topological polar surface area (TPSA) is 41.3 Å². The Kier molecular flexibility index (Phi) is 3.38. The molecule has 1 fully saturated rings. The molecule has 1 atom stereocenters. The van der Waals surface area contributed by atoms with Gasteiger partial charge in [-0.05, 0) is 25.4 Å². The Hall–Kier alpha value is -0.870. The first-order valence-corrected chi connectivity index (χ1v) is 5.65. The zero-order valence-corrected chi connectivity index (χ0v) is 9.26. The minimum absolute atomic E-state index is 0.0875. The van der Waals surface area contributed by atoms with Crippen molar-refractivity contribution < 1.29 is 5.11 Å². The first kappa shape index (κ1) is 10.6. The number of hydrogen-bond acceptors (Lipinski definition) is 3. The lowest BCUT2D eigenvalue weighted by atomic mass is 10.1. The predicted octanol–water partition coefficient (Wildman–Crippen LogP) is 0.717. The van der Waals surface area contributed by atoms with Crippen LogP contribution in [0.25, 0.3) is 0 Å². The van der Waals surface area contributed by atoms with Gasteiger partial charge in [0.1, 0.15) is 0 Å². The Morgan fingerprint density at radius 3 is 3.13 bits per heavy atom. The monoisotopic (exact) mass is 209 g/mol. The molecular weight excluding hydrogens is 190 g/mol. The lowest BCUT2D eigenvalue weighted by molar-refractivity contribution is 0.266. The number of rotatable bonds is 4. The summed E-state index contributed by atoms with van der Waals surface area (Å²) < 4.78 is 2.07. The minimum Gasteiger partial charge on any atom is -0.390 e. The van der Waals surface area contributed by atoms with Crippen molar-refractivity contribution >= 4 is 0 Å². The summed E-state index contributed by atoms with van der Waals surface area (Å²) in [7, 11) is 0. The molecule has 0 radical (unpaired) electrons. The fraction of sp³-hybridized carbons (Fsp3) is 0.727. The molecule has 84 valence electrons. The quantitative estimate of drug-likeness (QED) is 0.794. The smallest absolute Gasteiger partial charge is 0.0948 e. The summed E-state index contributed by atoms with van der Waals surface area (Å²) in [6.07, 6.45) is 4.82. The number of hydrogen-bond donors (Lipinski definition) is 1. The van der Waals surface area contributed by atoms with E-state index in [-0.39, 0.29) is 6.61 Å². The maximum Gasteiger partial charge on any atom is 0.0948 e. The van der Waals surface area contributed by atoms with E-state index < -0.39 is 0 Å². The number of likely N-dealkylation sites (tertiary alicyclic amines) is 1. The summed E-state index contributed by atoms with van der Waals surface area (Å²) in [5.74, 6) is 0.712. The van der Waals surface area contributed by atoms with Crippen molar-refractivity contribution in [1.29, 1.82) is 0 Å². The molecule has 4 heteroatoms. The molecule has 1 aromatic rings. The highest BCUT2D eigenvalue weighted by Gasteiger charge is 2.21. The number of nitrogens with zero attached hydrogens (tertiary/aromatic N) is 3. The molecule has 4 nitrogen and oxygen atoms in total. The molecule has 2 heterocycles. The molecule has 0 bridgehead atoms. The Morgan fingerprint density at radius 1 is 1.60 bits per heavy atom. The van der Waals surface area contributed by atoms with Gasteiger partial charge in [-0.3, -0.25) is 0 Å². The molecule has 0 aromatic carbocycles. The highest BCUT2D eigenvalue weighted by Crippen LogP contribution is 2.18. The summed E-state index contributed by atoms with van der Waals surface area (Å²) >= 11 is 0. The van der Waals surface area contributed by atoms with Crippen LogP contribution in [0.15, 0.2) is 12.5 Å². The molecule has 1 saturated heterocycles. The summed E-state index contributed by atoms with van der Waals surface area (Å²) in [5.41, 5.74) is 0.921. The van der Waals surface area contributed by atoms with E-state index in [0.29, 0.717) is 5.92 Å². The summed E-state index contributed by atoms with van der Waals surface area (Å²) in [6.45, 7) is 6.83. The van der Waals surface area contributed by atoms with E-state index in [1.807, 2.05) is 6.33 Å². The fourth-order valence-electron chi connectivity index (χ4n) is 2.27. The van der Waals surface area contributed by atoms with E-state index in [1.165, 1.54) is 19.5 Å². The van der Waals surface area contributed by atoms with E-state index in [0.717, 1.165) is 18.8 Å². The molecule has 1 aliphatic rings. The van der Waals surface area contributed by atoms with Gasteiger partial charge < -0.3 is 14.6 Å². The van der Waals surface area contributed by atoms with Gasteiger partial charge in [-0.2, -0.15) is 0 Å². The molecule has 1 N–H and O–H groups in total. The molecular formula is C11H19N3O. The highest BCUT2D eigenvalue weighted by molar-refractivity contribution is 4.96. The van der Waals surface area contributed by atoms with E-state index >= 15 is 0 Å². The average molecular weight is 209 g/mol. The van der Waals surface area contributed by atoms with Crippen molar-refractivity contribution in [1.82, 2.24) is 14.5 Å². The zero-order chi connectivity index (χ0) is 10.7. The van der Waals surface area contributed by atoms with E-state index in [2.05, 4.69) is 21.4 Å². The second-order valence-electron chi connectivity index (χ2n) is 4.24. The van der Waals surface area contributed by atoms with Gasteiger partial charge in [-0.1, -0.05) is 6.92 Å². The van der Waals surface area contributed by atoms with Crippen LogP contribution in [0.1, 0.15) is 19.0 Å². The standard InChI is InChI=1S/C11H19N3O/c1-2-13-4-3-10(6-13)7-14-9-12-5-11(14)8-15/h5,9-10,15H,2-4,6-8H2,1H3. The fourth-order valence-corrected chi connectivity index (χ4v) is 2.27. The first-order chi connectivity index (χ1) is 7.33. The Balaban J connectivity index is 1.92. The number of aliphatic hydroxyl groups is 1. The maximum atomic E-state index is 9.11. The van der Waals surface area contributed by atoms with Gasteiger partial charge >= 0.3 is 0 Å². The van der Waals surface area contributed by atoms with Gasteiger partial charge in [0, 0.05) is 13.1 Å². The van der Waals surface area contributed by atoms with Gasteiger partial charge in [0.2, 0.25) is 0 Å². The molecule has 1 unspecified atom stereocenters. The predicted molar refractivity (Wildman–Crippen MR) is 58.4 cm³/mol. The van der Waals surface area contributed by atoms with E-state index in [4.69, 9.17) is 5.11 Å². The molecule has 0 aliphatic carbocycles. The highest BCUT2D eigenvalue weighted by atomic mass is 16.3. The van der Waals surface area contributed by atoms with Gasteiger partial charge in [0.05, 0.1) is 24.8 Å². The molecule has 15 heavy (non-hydrogen) atoms. The van der Waals surface area contributed by atoms with Crippen molar-refractivity contribution in [3.05, 3.63) is 18.2 Å². The van der Waals surface area contributed by atoms with Gasteiger partial charge in [-0.25, -0.2) is 4.98 Å². The minimum atomic E-state index is 0.0875. The third-order valence-corrected chi connectivity index (χ3v) is 3.23. The van der Waals surface area contributed by atoms with Crippen LogP contribution < -0.4 is 0 Å². The van der Waals surface area contributed by atoms with Crippen molar-refractivity contribution in [3.8, 4) is 0 Å². The van der Waals surface area contributed by atoms with Gasteiger partial charge in [0.25, 0.3) is 0 Å². The molecule has 1 aromatic heterocycles. The Bertz CT molecular complexity index is 311. The van der Waals surface area contributed by atoms with Gasteiger partial charge in [-0.15, -0.1) is 0 Å². The Morgan fingerprint density at radius 2 is 2.47 bits per heavy atom. The van der Waals surface area contributed by atoms with E-state index in [9.17, 15) is 0 Å². The number of aliphatic hydroxyl groups excluding tert-OH is 1. The third-order valence-electron chi connectivity index (χ3n) is 3.23. The second kappa shape index (κ2) is 4.77. The van der Waals surface area contributed by atoms with Crippen molar-refractivity contribution in [2.75, 3.05) is 19.6 Å². The number of imidazole rings is 1. The van der Waals surface area contributed by atoms with E-state index in [1.54, 1.807) is 6.20 Å². The first-order valence-electron chi connectivity index (χ1n) is 5.65. The van der Waals surface area contributed by atoms with Crippen LogP contribution in [0.2, 0.25) is 0 Å². The van der Waals surface area contributed by atoms with Crippen LogP contribution in [-0.4, -0.2) is 39.2 Å². The van der Waals surface area contributed by atoms with Crippen molar-refractivity contribution in [3.63, 3.8) is 0 Å². The normalized spacial score (nSPS) is 22.4. The third kappa shape index (κ3) is 2.38. The molecule has 0 amide bonds. The number of aromatic nitrogens is 2. The summed E-state index contributed by atoms with van der Waals surface area (Å²) in [4.78, 5) is 6.54. The van der Waals surface area contributed by atoms with Crippen LogP contribution in [0.4, 0.5) is 0 Å². The van der Waals surface area contributed by atoms with Crippen LogP contribution in [0.5, 0.6) is 0 Å². The lowest BCUT2D eigenvalue weighted by Gasteiger charge is -2.14. The van der Waals surface area contributed by atoms with Gasteiger partial charge in [0.15, 0.2) is 0 Å². The summed E-state index contributed by atoms with van der Waals surface area (Å²) in [6, 6.07) is 0. The van der Waals surface area contributed by atoms with Crippen molar-refractivity contribution in [2.24, 2.45) is 5.92 Å². The second-order valence-corrected chi connectivity index (χ2v) is 4.24. The van der Waals surface area contributed by atoms with Crippen LogP contribution in [-0.2, 0) is 13.2 Å². The van der Waals surface area contributed by atoms with Crippen LogP contribution in [0, 0.1) is 5.92 Å². The molecule has 0 spiro atoms. The average Bonchev–Trinajstić information content (AvgIpc) is 2.87. The zero-order valence-electron chi connectivity index (χ0n) is 9.26. The summed E-state index contributed by atoms with van der Waals surface area (Å²) in [5, 5.41) is 9.11. The lowest BCUT2D eigenvalue weighted by Crippen LogP contribution is -2.21.